The smallest absolute Gasteiger partial charge is 0.197 e. The van der Waals surface area contributed by atoms with Gasteiger partial charge in [-0.25, -0.2) is 0 Å². The van der Waals surface area contributed by atoms with Crippen molar-refractivity contribution < 1.29 is 9.47 Å². The molecule has 0 aliphatic carbocycles. The predicted octanol–water partition coefficient (Wildman–Crippen LogP) is 1.37. The van der Waals surface area contributed by atoms with E-state index in [1.54, 1.807) is 12.1 Å². The Morgan fingerprint density at radius 1 is 0.875 bits per heavy atom. The average Bonchev–Trinajstić information content (AvgIpc) is 2.62. The Morgan fingerprint density at radius 2 is 1.33 bits per heavy atom. The molecule has 126 valence electrons. The predicted molar refractivity (Wildman–Crippen MR) is 95.8 cm³/mol. The number of hydrogen-bond donors (Lipinski definition) is 2. The molecule has 0 amide bonds. The maximum absolute atomic E-state index is 12.9. The SMILES string of the molecule is Cn1c2ccc(OCCN)cc2c(=O)c2cc(OCCN)ccc21. The second-order valence-electron chi connectivity index (χ2n) is 5.52. The number of fused-ring (bicyclic) bond motifs is 2. The summed E-state index contributed by atoms with van der Waals surface area (Å²) < 4.78 is 13.1. The van der Waals surface area contributed by atoms with Crippen LogP contribution in [0.1, 0.15) is 0 Å². The summed E-state index contributed by atoms with van der Waals surface area (Å²) in [4.78, 5) is 12.9. The highest BCUT2D eigenvalue weighted by Gasteiger charge is 2.11. The van der Waals surface area contributed by atoms with Crippen LogP contribution in [-0.2, 0) is 7.05 Å². The standard InChI is InChI=1S/C18H21N3O3/c1-21-16-4-2-12(23-8-6-19)10-14(16)18(22)15-11-13(24-9-7-20)3-5-17(15)21/h2-5,10-11H,6-9,19-20H2,1H3. The summed E-state index contributed by atoms with van der Waals surface area (Å²) in [6, 6.07) is 11.0. The van der Waals surface area contributed by atoms with Crippen LogP contribution in [0, 0.1) is 0 Å². The molecule has 0 radical (unpaired) electrons. The van der Waals surface area contributed by atoms with Gasteiger partial charge in [0, 0.05) is 30.9 Å². The summed E-state index contributed by atoms with van der Waals surface area (Å²) in [5.74, 6) is 1.28. The van der Waals surface area contributed by atoms with Gasteiger partial charge in [0.2, 0.25) is 0 Å². The molecule has 0 saturated heterocycles. The van der Waals surface area contributed by atoms with E-state index in [1.807, 2.05) is 35.9 Å². The molecule has 0 unspecified atom stereocenters. The van der Waals surface area contributed by atoms with E-state index in [9.17, 15) is 4.79 Å². The van der Waals surface area contributed by atoms with Crippen LogP contribution in [0.2, 0.25) is 0 Å². The highest BCUT2D eigenvalue weighted by Crippen LogP contribution is 2.24. The van der Waals surface area contributed by atoms with E-state index in [1.165, 1.54) is 0 Å². The lowest BCUT2D eigenvalue weighted by Gasteiger charge is -2.13. The van der Waals surface area contributed by atoms with Crippen molar-refractivity contribution in [2.75, 3.05) is 26.3 Å². The van der Waals surface area contributed by atoms with E-state index in [4.69, 9.17) is 20.9 Å². The molecule has 0 fully saturated rings. The molecule has 0 aliphatic heterocycles. The van der Waals surface area contributed by atoms with Gasteiger partial charge in [0.25, 0.3) is 0 Å². The minimum Gasteiger partial charge on any atom is -0.492 e. The molecule has 6 nitrogen and oxygen atoms in total. The zero-order valence-corrected chi connectivity index (χ0v) is 13.6. The average molecular weight is 327 g/mol. The number of benzene rings is 2. The van der Waals surface area contributed by atoms with Crippen molar-refractivity contribution in [3.63, 3.8) is 0 Å². The molecule has 3 aromatic rings. The zero-order chi connectivity index (χ0) is 17.1. The third kappa shape index (κ3) is 2.93. The summed E-state index contributed by atoms with van der Waals surface area (Å²) in [6.07, 6.45) is 0. The first-order valence-corrected chi connectivity index (χ1v) is 7.88. The van der Waals surface area contributed by atoms with Gasteiger partial charge in [-0.3, -0.25) is 4.79 Å². The van der Waals surface area contributed by atoms with Crippen molar-refractivity contribution in [2.45, 2.75) is 0 Å². The van der Waals surface area contributed by atoms with Gasteiger partial charge < -0.3 is 25.5 Å². The Balaban J connectivity index is 2.19. The van der Waals surface area contributed by atoms with Crippen molar-refractivity contribution in [3.05, 3.63) is 46.6 Å². The molecule has 0 aliphatic rings. The second-order valence-corrected chi connectivity index (χ2v) is 5.52. The molecule has 1 heterocycles. The summed E-state index contributed by atoms with van der Waals surface area (Å²) in [5.41, 5.74) is 12.6. The molecule has 6 heteroatoms. The van der Waals surface area contributed by atoms with E-state index in [0.717, 1.165) is 11.0 Å². The third-order valence-corrected chi connectivity index (χ3v) is 3.92. The topological polar surface area (TPSA) is 92.5 Å². The number of ether oxygens (including phenoxy) is 2. The molecular formula is C18H21N3O3. The molecule has 0 atom stereocenters. The number of rotatable bonds is 6. The van der Waals surface area contributed by atoms with Gasteiger partial charge >= 0.3 is 0 Å². The first-order chi connectivity index (χ1) is 11.7. The van der Waals surface area contributed by atoms with Gasteiger partial charge in [0.05, 0.1) is 11.0 Å². The lowest BCUT2D eigenvalue weighted by molar-refractivity contribution is 0.328. The van der Waals surface area contributed by atoms with Crippen molar-refractivity contribution in [2.24, 2.45) is 18.5 Å². The van der Waals surface area contributed by atoms with Crippen molar-refractivity contribution in [1.82, 2.24) is 4.57 Å². The Morgan fingerprint density at radius 3 is 1.75 bits per heavy atom. The lowest BCUT2D eigenvalue weighted by atomic mass is 10.1. The number of pyridine rings is 1. The summed E-state index contributed by atoms with van der Waals surface area (Å²) in [5, 5.41) is 1.21. The normalized spacial score (nSPS) is 11.1. The maximum Gasteiger partial charge on any atom is 0.197 e. The molecular weight excluding hydrogens is 306 g/mol. The van der Waals surface area contributed by atoms with Crippen LogP contribution in [0.15, 0.2) is 41.2 Å². The zero-order valence-electron chi connectivity index (χ0n) is 13.6. The number of aryl methyl sites for hydroxylation is 1. The van der Waals surface area contributed by atoms with Crippen molar-refractivity contribution in [1.29, 1.82) is 0 Å². The highest BCUT2D eigenvalue weighted by molar-refractivity contribution is 5.94. The van der Waals surface area contributed by atoms with Crippen LogP contribution >= 0.6 is 0 Å². The molecule has 24 heavy (non-hydrogen) atoms. The Bertz CT molecular complexity index is 862. The fourth-order valence-electron chi connectivity index (χ4n) is 2.79. The fourth-order valence-corrected chi connectivity index (χ4v) is 2.79. The lowest BCUT2D eigenvalue weighted by Crippen LogP contribution is -2.13. The molecule has 0 spiro atoms. The first kappa shape index (κ1) is 16.3. The number of nitrogens with two attached hydrogens (primary N) is 2. The Hall–Kier alpha value is -2.57. The van der Waals surface area contributed by atoms with Crippen LogP contribution in [0.5, 0.6) is 11.5 Å². The molecule has 0 saturated carbocycles. The number of hydrogen-bond acceptors (Lipinski definition) is 5. The first-order valence-electron chi connectivity index (χ1n) is 7.88. The Kier molecular flexibility index (Phi) is 4.69. The van der Waals surface area contributed by atoms with E-state index < -0.39 is 0 Å². The fraction of sp³-hybridized carbons (Fsp3) is 0.278. The minimum atomic E-state index is -0.0468. The number of nitrogens with zero attached hydrogens (tertiary/aromatic N) is 1. The van der Waals surface area contributed by atoms with Gasteiger partial charge in [-0.2, -0.15) is 0 Å². The Labute approximate surface area is 139 Å². The van der Waals surface area contributed by atoms with Gasteiger partial charge in [0.1, 0.15) is 24.7 Å². The molecule has 2 aromatic carbocycles. The third-order valence-electron chi connectivity index (χ3n) is 3.92. The summed E-state index contributed by atoms with van der Waals surface area (Å²) in [6.45, 7) is 1.68. The van der Waals surface area contributed by atoms with E-state index in [2.05, 4.69) is 0 Å². The monoisotopic (exact) mass is 327 g/mol. The second kappa shape index (κ2) is 6.90. The summed E-state index contributed by atoms with van der Waals surface area (Å²) >= 11 is 0. The van der Waals surface area contributed by atoms with Gasteiger partial charge in [0.15, 0.2) is 5.43 Å². The highest BCUT2D eigenvalue weighted by atomic mass is 16.5. The van der Waals surface area contributed by atoms with Crippen LogP contribution in [0.3, 0.4) is 0 Å². The van der Waals surface area contributed by atoms with Crippen LogP contribution in [0.25, 0.3) is 21.8 Å². The van der Waals surface area contributed by atoms with Crippen molar-refractivity contribution >= 4 is 21.8 Å². The number of aromatic nitrogens is 1. The largest absolute Gasteiger partial charge is 0.492 e. The van der Waals surface area contributed by atoms with Gasteiger partial charge in [-0.1, -0.05) is 0 Å². The molecule has 3 rings (SSSR count). The molecule has 4 N–H and O–H groups in total. The minimum absolute atomic E-state index is 0.0468. The molecule has 0 bridgehead atoms. The van der Waals surface area contributed by atoms with Crippen LogP contribution < -0.4 is 26.4 Å². The van der Waals surface area contributed by atoms with Gasteiger partial charge in [-0.05, 0) is 36.4 Å². The van der Waals surface area contributed by atoms with E-state index in [-0.39, 0.29) is 5.43 Å². The van der Waals surface area contributed by atoms with Crippen LogP contribution in [0.4, 0.5) is 0 Å². The van der Waals surface area contributed by atoms with E-state index >= 15 is 0 Å². The maximum atomic E-state index is 12.9. The quantitative estimate of drug-likeness (QED) is 0.667. The molecule has 1 aromatic heterocycles. The van der Waals surface area contributed by atoms with Gasteiger partial charge in [-0.15, -0.1) is 0 Å². The van der Waals surface area contributed by atoms with Crippen LogP contribution in [-0.4, -0.2) is 30.9 Å². The summed E-state index contributed by atoms with van der Waals surface area (Å²) in [7, 11) is 1.94. The van der Waals surface area contributed by atoms with E-state index in [0.29, 0.717) is 48.6 Å². The van der Waals surface area contributed by atoms with Crippen molar-refractivity contribution in [3.8, 4) is 11.5 Å².